The third kappa shape index (κ3) is 5.79. The van der Waals surface area contributed by atoms with Crippen LogP contribution in [-0.2, 0) is 9.59 Å². The summed E-state index contributed by atoms with van der Waals surface area (Å²) in [7, 11) is 0. The fraction of sp³-hybridized carbons (Fsp3) is 0.647. The summed E-state index contributed by atoms with van der Waals surface area (Å²) in [6.45, 7) is 9.24. The van der Waals surface area contributed by atoms with Crippen molar-refractivity contribution in [1.82, 2.24) is 20.2 Å². The first-order valence-corrected chi connectivity index (χ1v) is 8.41. The Kier molecular flexibility index (Phi) is 6.11. The Morgan fingerprint density at radius 1 is 1.12 bits per heavy atom. The molecule has 1 aliphatic rings. The predicted molar refractivity (Wildman–Crippen MR) is 92.5 cm³/mol. The number of anilines is 1. The predicted octanol–water partition coefficient (Wildman–Crippen LogP) is 1.07. The van der Waals surface area contributed by atoms with Crippen LogP contribution in [0.15, 0.2) is 18.5 Å². The van der Waals surface area contributed by atoms with Crippen LogP contribution >= 0.6 is 0 Å². The largest absolute Gasteiger partial charge is 0.356 e. The van der Waals surface area contributed by atoms with Crippen LogP contribution in [0.4, 0.5) is 5.95 Å². The second-order valence-electron chi connectivity index (χ2n) is 7.25. The minimum Gasteiger partial charge on any atom is -0.356 e. The van der Waals surface area contributed by atoms with Gasteiger partial charge in [0.1, 0.15) is 0 Å². The number of rotatable bonds is 5. The fourth-order valence-corrected chi connectivity index (χ4v) is 2.62. The number of nitrogens with zero attached hydrogens (tertiary/aromatic N) is 4. The summed E-state index contributed by atoms with van der Waals surface area (Å²) < 4.78 is 0. The minimum atomic E-state index is -0.0378. The van der Waals surface area contributed by atoms with Gasteiger partial charge in [0.15, 0.2) is 0 Å². The van der Waals surface area contributed by atoms with Crippen molar-refractivity contribution in [2.75, 3.05) is 37.6 Å². The fourth-order valence-electron chi connectivity index (χ4n) is 2.62. The third-order valence-corrected chi connectivity index (χ3v) is 3.82. The van der Waals surface area contributed by atoms with E-state index >= 15 is 0 Å². The molecule has 0 spiro atoms. The highest BCUT2D eigenvalue weighted by Gasteiger charge is 2.22. The summed E-state index contributed by atoms with van der Waals surface area (Å²) in [5.41, 5.74) is -0.0378. The maximum atomic E-state index is 12.2. The molecule has 24 heavy (non-hydrogen) atoms. The Hall–Kier alpha value is -2.18. The lowest BCUT2D eigenvalue weighted by Gasteiger charge is -2.34. The van der Waals surface area contributed by atoms with E-state index in [4.69, 9.17) is 0 Å². The minimum absolute atomic E-state index is 0.00125. The monoisotopic (exact) mass is 333 g/mol. The topological polar surface area (TPSA) is 78.4 Å². The molecule has 0 atom stereocenters. The summed E-state index contributed by atoms with van der Waals surface area (Å²) in [4.78, 5) is 36.4. The summed E-state index contributed by atoms with van der Waals surface area (Å²) in [5.74, 6) is 0.792. The Morgan fingerprint density at radius 2 is 1.75 bits per heavy atom. The van der Waals surface area contributed by atoms with Gasteiger partial charge < -0.3 is 15.1 Å². The van der Waals surface area contributed by atoms with Gasteiger partial charge in [0.25, 0.3) is 0 Å². The average Bonchev–Trinajstić information content (AvgIpc) is 2.54. The van der Waals surface area contributed by atoms with E-state index in [9.17, 15) is 9.59 Å². The molecular formula is C17H27N5O2. The van der Waals surface area contributed by atoms with E-state index in [1.807, 2.05) is 25.7 Å². The summed E-state index contributed by atoms with van der Waals surface area (Å²) >= 11 is 0. The summed E-state index contributed by atoms with van der Waals surface area (Å²) in [6.07, 6.45) is 4.26. The highest BCUT2D eigenvalue weighted by molar-refractivity contribution is 5.79. The molecule has 1 aromatic heterocycles. The zero-order valence-corrected chi connectivity index (χ0v) is 14.8. The number of amides is 2. The zero-order valence-electron chi connectivity index (χ0n) is 14.8. The second-order valence-corrected chi connectivity index (χ2v) is 7.25. The van der Waals surface area contributed by atoms with Gasteiger partial charge in [-0.15, -0.1) is 0 Å². The molecule has 7 nitrogen and oxygen atoms in total. The molecule has 2 heterocycles. The van der Waals surface area contributed by atoms with Crippen molar-refractivity contribution in [2.24, 2.45) is 5.41 Å². The molecule has 1 aliphatic heterocycles. The summed E-state index contributed by atoms with van der Waals surface area (Å²) in [6, 6.07) is 1.79. The Bertz CT molecular complexity index is 548. The SMILES string of the molecule is CC(C)(C)CC(=O)NCCC(=O)N1CCN(c2ncccn2)CC1. The molecule has 0 unspecified atom stereocenters. The first kappa shape index (κ1) is 18.2. The normalized spacial score (nSPS) is 15.3. The van der Waals surface area contributed by atoms with Gasteiger partial charge in [-0.05, 0) is 11.5 Å². The van der Waals surface area contributed by atoms with Crippen LogP contribution in [-0.4, -0.2) is 59.4 Å². The van der Waals surface area contributed by atoms with Gasteiger partial charge in [-0.2, -0.15) is 0 Å². The Morgan fingerprint density at radius 3 is 2.33 bits per heavy atom. The highest BCUT2D eigenvalue weighted by atomic mass is 16.2. The molecule has 1 aromatic rings. The second kappa shape index (κ2) is 8.08. The molecule has 0 aliphatic carbocycles. The van der Waals surface area contributed by atoms with Gasteiger partial charge in [0.05, 0.1) is 0 Å². The average molecular weight is 333 g/mol. The van der Waals surface area contributed by atoms with Gasteiger partial charge >= 0.3 is 0 Å². The van der Waals surface area contributed by atoms with E-state index in [-0.39, 0.29) is 17.2 Å². The first-order chi connectivity index (χ1) is 11.3. The lowest BCUT2D eigenvalue weighted by molar-refractivity contribution is -0.131. The molecular weight excluding hydrogens is 306 g/mol. The highest BCUT2D eigenvalue weighted by Crippen LogP contribution is 2.17. The van der Waals surface area contributed by atoms with Crippen molar-refractivity contribution in [3.63, 3.8) is 0 Å². The summed E-state index contributed by atoms with van der Waals surface area (Å²) in [5, 5.41) is 2.83. The van der Waals surface area contributed by atoms with Gasteiger partial charge in [-0.1, -0.05) is 20.8 Å². The van der Waals surface area contributed by atoms with Gasteiger partial charge in [0.2, 0.25) is 17.8 Å². The molecule has 1 N–H and O–H groups in total. The van der Waals surface area contributed by atoms with Crippen LogP contribution < -0.4 is 10.2 Å². The van der Waals surface area contributed by atoms with Crippen molar-refractivity contribution in [1.29, 1.82) is 0 Å². The number of carbonyl (C=O) groups is 2. The third-order valence-electron chi connectivity index (χ3n) is 3.82. The molecule has 0 radical (unpaired) electrons. The van der Waals surface area contributed by atoms with E-state index in [0.717, 1.165) is 13.1 Å². The van der Waals surface area contributed by atoms with Crippen LogP contribution in [0.5, 0.6) is 0 Å². The quantitative estimate of drug-likeness (QED) is 0.872. The van der Waals surface area contributed by atoms with Crippen molar-refractivity contribution in [3.8, 4) is 0 Å². The smallest absolute Gasteiger partial charge is 0.225 e. The lowest BCUT2D eigenvalue weighted by Crippen LogP contribution is -2.49. The first-order valence-electron chi connectivity index (χ1n) is 8.41. The molecule has 2 rings (SSSR count). The maximum Gasteiger partial charge on any atom is 0.225 e. The number of hydrogen-bond donors (Lipinski definition) is 1. The number of aromatic nitrogens is 2. The van der Waals surface area contributed by atoms with Crippen molar-refractivity contribution >= 4 is 17.8 Å². The molecule has 1 fully saturated rings. The molecule has 2 amide bonds. The van der Waals surface area contributed by atoms with Crippen molar-refractivity contribution in [2.45, 2.75) is 33.6 Å². The molecule has 0 aromatic carbocycles. The van der Waals surface area contributed by atoms with Crippen LogP contribution in [0.3, 0.4) is 0 Å². The van der Waals surface area contributed by atoms with E-state index in [2.05, 4.69) is 20.2 Å². The van der Waals surface area contributed by atoms with Crippen LogP contribution in [0.2, 0.25) is 0 Å². The Labute approximate surface area is 143 Å². The number of hydrogen-bond acceptors (Lipinski definition) is 5. The lowest BCUT2D eigenvalue weighted by atomic mass is 9.92. The van der Waals surface area contributed by atoms with Crippen molar-refractivity contribution < 1.29 is 9.59 Å². The van der Waals surface area contributed by atoms with Gasteiger partial charge in [0, 0.05) is 58.0 Å². The maximum absolute atomic E-state index is 12.2. The molecule has 7 heteroatoms. The standard InChI is InChI=1S/C17H27N5O2/c1-17(2,3)13-14(23)18-8-5-15(24)21-9-11-22(12-10-21)16-19-6-4-7-20-16/h4,6-7H,5,8-13H2,1-3H3,(H,18,23). The zero-order chi connectivity index (χ0) is 17.6. The van der Waals surface area contributed by atoms with E-state index in [1.165, 1.54) is 0 Å². The van der Waals surface area contributed by atoms with Crippen LogP contribution in [0.1, 0.15) is 33.6 Å². The molecule has 132 valence electrons. The van der Waals surface area contributed by atoms with Crippen molar-refractivity contribution in [3.05, 3.63) is 18.5 Å². The van der Waals surface area contributed by atoms with Crippen LogP contribution in [0, 0.1) is 5.41 Å². The van der Waals surface area contributed by atoms with E-state index in [1.54, 1.807) is 18.5 Å². The van der Waals surface area contributed by atoms with Gasteiger partial charge in [-0.3, -0.25) is 9.59 Å². The number of nitrogens with one attached hydrogen (secondary N) is 1. The Balaban J connectivity index is 1.69. The van der Waals surface area contributed by atoms with Gasteiger partial charge in [-0.25, -0.2) is 9.97 Å². The molecule has 1 saturated heterocycles. The van der Waals surface area contributed by atoms with Crippen LogP contribution in [0.25, 0.3) is 0 Å². The molecule has 0 bridgehead atoms. The van der Waals surface area contributed by atoms with E-state index in [0.29, 0.717) is 38.4 Å². The molecule has 0 saturated carbocycles. The number of carbonyl (C=O) groups excluding carboxylic acids is 2. The van der Waals surface area contributed by atoms with E-state index < -0.39 is 0 Å². The number of piperazine rings is 1.